The van der Waals surface area contributed by atoms with Crippen LogP contribution in [0.1, 0.15) is 5.69 Å². The number of methoxy groups -OCH3 is 1. The number of hydrogen-bond donors (Lipinski definition) is 0. The first-order chi connectivity index (χ1) is 11.4. The van der Waals surface area contributed by atoms with Crippen LogP contribution in [0.4, 0.5) is 8.78 Å². The van der Waals surface area contributed by atoms with Crippen molar-refractivity contribution in [3.8, 4) is 11.8 Å². The van der Waals surface area contributed by atoms with Gasteiger partial charge in [0.25, 0.3) is 10.0 Å². The molecule has 122 valence electrons. The van der Waals surface area contributed by atoms with Crippen LogP contribution in [0, 0.1) is 23.0 Å². The Morgan fingerprint density at radius 2 is 1.79 bits per heavy atom. The SMILES string of the molecule is COc1ccc(F)c2c1c(F)c(C#N)n2S(=O)(=O)c1ccccc1. The summed E-state index contributed by atoms with van der Waals surface area (Å²) < 4.78 is 59.9. The Bertz CT molecular complexity index is 1080. The third kappa shape index (κ3) is 2.13. The van der Waals surface area contributed by atoms with Crippen molar-refractivity contribution in [3.63, 3.8) is 0 Å². The molecule has 3 aromatic rings. The third-order valence-corrected chi connectivity index (χ3v) is 5.25. The smallest absolute Gasteiger partial charge is 0.269 e. The lowest BCUT2D eigenvalue weighted by Crippen LogP contribution is -2.15. The van der Waals surface area contributed by atoms with Gasteiger partial charge in [0.05, 0.1) is 17.4 Å². The Balaban J connectivity index is 2.52. The summed E-state index contributed by atoms with van der Waals surface area (Å²) in [4.78, 5) is -0.194. The lowest BCUT2D eigenvalue weighted by molar-refractivity contribution is 0.417. The summed E-state index contributed by atoms with van der Waals surface area (Å²) in [6.45, 7) is 0. The predicted octanol–water partition coefficient (Wildman–Crippen LogP) is 3.04. The molecule has 1 heterocycles. The van der Waals surface area contributed by atoms with Gasteiger partial charge < -0.3 is 4.74 Å². The Labute approximate surface area is 136 Å². The molecule has 0 radical (unpaired) electrons. The Kier molecular flexibility index (Phi) is 3.73. The molecule has 5 nitrogen and oxygen atoms in total. The average molecular weight is 348 g/mol. The highest BCUT2D eigenvalue weighted by atomic mass is 32.2. The van der Waals surface area contributed by atoms with Gasteiger partial charge in [-0.2, -0.15) is 5.26 Å². The van der Waals surface area contributed by atoms with Gasteiger partial charge in [-0.25, -0.2) is 21.2 Å². The highest BCUT2D eigenvalue weighted by molar-refractivity contribution is 7.90. The number of ether oxygens (including phenoxy) is 1. The van der Waals surface area contributed by atoms with Gasteiger partial charge in [0.15, 0.2) is 11.5 Å². The summed E-state index contributed by atoms with van der Waals surface area (Å²) in [7, 11) is -3.14. The molecule has 0 atom stereocenters. The van der Waals surface area contributed by atoms with E-state index in [1.54, 1.807) is 6.07 Å². The Hall–Kier alpha value is -2.92. The minimum Gasteiger partial charge on any atom is -0.496 e. The van der Waals surface area contributed by atoms with Gasteiger partial charge in [-0.1, -0.05) is 18.2 Å². The molecule has 3 rings (SSSR count). The molecule has 0 spiro atoms. The van der Waals surface area contributed by atoms with Gasteiger partial charge in [0.1, 0.15) is 23.2 Å². The molecule has 0 aliphatic rings. The Morgan fingerprint density at radius 1 is 1.12 bits per heavy atom. The zero-order valence-electron chi connectivity index (χ0n) is 12.3. The second-order valence-corrected chi connectivity index (χ2v) is 6.62. The zero-order valence-corrected chi connectivity index (χ0v) is 13.1. The first-order valence-corrected chi connectivity index (χ1v) is 8.14. The van der Waals surface area contributed by atoms with Crippen molar-refractivity contribution in [2.45, 2.75) is 4.90 Å². The van der Waals surface area contributed by atoms with Gasteiger partial charge in [0, 0.05) is 0 Å². The van der Waals surface area contributed by atoms with Crippen molar-refractivity contribution in [1.82, 2.24) is 3.97 Å². The van der Waals surface area contributed by atoms with Crippen LogP contribution in [0.25, 0.3) is 10.9 Å². The molecule has 0 amide bonds. The lowest BCUT2D eigenvalue weighted by atomic mass is 10.2. The van der Waals surface area contributed by atoms with Crippen LogP contribution < -0.4 is 4.74 Å². The van der Waals surface area contributed by atoms with E-state index in [0.29, 0.717) is 3.97 Å². The number of benzene rings is 2. The van der Waals surface area contributed by atoms with E-state index in [1.165, 1.54) is 43.5 Å². The number of hydrogen-bond acceptors (Lipinski definition) is 4. The van der Waals surface area contributed by atoms with Crippen LogP contribution in [0.15, 0.2) is 47.4 Å². The van der Waals surface area contributed by atoms with Crippen molar-refractivity contribution in [3.05, 3.63) is 59.8 Å². The van der Waals surface area contributed by atoms with Crippen LogP contribution in [0.5, 0.6) is 5.75 Å². The average Bonchev–Trinajstić information content (AvgIpc) is 2.90. The van der Waals surface area contributed by atoms with Crippen molar-refractivity contribution >= 4 is 20.9 Å². The van der Waals surface area contributed by atoms with Crippen LogP contribution in [0.2, 0.25) is 0 Å². The number of halogens is 2. The van der Waals surface area contributed by atoms with Gasteiger partial charge >= 0.3 is 0 Å². The van der Waals surface area contributed by atoms with Crippen LogP contribution >= 0.6 is 0 Å². The molecule has 0 bridgehead atoms. The van der Waals surface area contributed by atoms with E-state index in [9.17, 15) is 22.5 Å². The summed E-state index contributed by atoms with van der Waals surface area (Å²) in [6, 6.07) is 10.7. The maximum absolute atomic E-state index is 14.6. The Morgan fingerprint density at radius 3 is 2.38 bits per heavy atom. The minimum atomic E-state index is -4.38. The molecular weight excluding hydrogens is 338 g/mol. The normalized spacial score (nSPS) is 11.4. The molecule has 0 aliphatic heterocycles. The maximum Gasteiger partial charge on any atom is 0.269 e. The van der Waals surface area contributed by atoms with Gasteiger partial charge in [-0.15, -0.1) is 0 Å². The molecule has 1 aromatic heterocycles. The molecule has 0 fully saturated rings. The van der Waals surface area contributed by atoms with E-state index in [-0.39, 0.29) is 10.6 Å². The van der Waals surface area contributed by atoms with Gasteiger partial charge in [0.2, 0.25) is 0 Å². The molecule has 0 saturated heterocycles. The van der Waals surface area contributed by atoms with E-state index in [0.717, 1.165) is 6.07 Å². The summed E-state index contributed by atoms with van der Waals surface area (Å²) in [6.07, 6.45) is 0. The first kappa shape index (κ1) is 16.0. The maximum atomic E-state index is 14.6. The fourth-order valence-corrected chi connectivity index (χ4v) is 3.97. The molecular formula is C16H10F2N2O3S. The van der Waals surface area contributed by atoms with E-state index in [4.69, 9.17) is 4.74 Å². The van der Waals surface area contributed by atoms with E-state index < -0.39 is 38.3 Å². The van der Waals surface area contributed by atoms with Crippen molar-refractivity contribution in [1.29, 1.82) is 5.26 Å². The topological polar surface area (TPSA) is 72.1 Å². The molecule has 0 N–H and O–H groups in total. The third-order valence-electron chi connectivity index (χ3n) is 3.53. The molecule has 8 heteroatoms. The number of nitrogens with zero attached hydrogens (tertiary/aromatic N) is 2. The standard InChI is InChI=1S/C16H10F2N2O3S/c1-23-13-8-7-11(17)16-14(13)15(18)12(9-19)20(16)24(21,22)10-5-3-2-4-6-10/h2-8H,1H3. The summed E-state index contributed by atoms with van der Waals surface area (Å²) in [5, 5.41) is 8.83. The van der Waals surface area contributed by atoms with Crippen LogP contribution in [-0.4, -0.2) is 19.5 Å². The number of fused-ring (bicyclic) bond motifs is 1. The van der Waals surface area contributed by atoms with E-state index in [2.05, 4.69) is 0 Å². The van der Waals surface area contributed by atoms with Crippen LogP contribution in [-0.2, 0) is 10.0 Å². The molecule has 0 aliphatic carbocycles. The van der Waals surface area contributed by atoms with Gasteiger partial charge in [-0.05, 0) is 24.3 Å². The van der Waals surface area contributed by atoms with Gasteiger partial charge in [-0.3, -0.25) is 0 Å². The number of aromatic nitrogens is 1. The molecule has 0 saturated carbocycles. The summed E-state index contributed by atoms with van der Waals surface area (Å²) in [5.74, 6) is -2.20. The van der Waals surface area contributed by atoms with E-state index in [1.807, 2.05) is 0 Å². The highest BCUT2D eigenvalue weighted by Crippen LogP contribution is 2.36. The summed E-state index contributed by atoms with van der Waals surface area (Å²) in [5.41, 5.74) is -1.37. The second-order valence-electron chi connectivity index (χ2n) is 4.83. The van der Waals surface area contributed by atoms with Crippen molar-refractivity contribution in [2.75, 3.05) is 7.11 Å². The summed E-state index contributed by atoms with van der Waals surface area (Å²) >= 11 is 0. The second kappa shape index (κ2) is 5.62. The largest absolute Gasteiger partial charge is 0.496 e. The fourth-order valence-electron chi connectivity index (χ4n) is 2.48. The monoisotopic (exact) mass is 348 g/mol. The highest BCUT2D eigenvalue weighted by Gasteiger charge is 2.31. The van der Waals surface area contributed by atoms with Crippen molar-refractivity contribution in [2.24, 2.45) is 0 Å². The van der Waals surface area contributed by atoms with Crippen LogP contribution in [0.3, 0.4) is 0 Å². The minimum absolute atomic E-state index is 0.0672. The van der Waals surface area contributed by atoms with Crippen molar-refractivity contribution < 1.29 is 21.9 Å². The predicted molar refractivity (Wildman–Crippen MR) is 82.1 cm³/mol. The zero-order chi connectivity index (χ0) is 17.5. The van der Waals surface area contributed by atoms with E-state index >= 15 is 0 Å². The first-order valence-electron chi connectivity index (χ1n) is 6.70. The fraction of sp³-hybridized carbons (Fsp3) is 0.0625. The number of rotatable bonds is 3. The molecule has 2 aromatic carbocycles. The molecule has 24 heavy (non-hydrogen) atoms. The quantitative estimate of drug-likeness (QED) is 0.729. The molecule has 0 unspecified atom stereocenters. The number of nitriles is 1. The lowest BCUT2D eigenvalue weighted by Gasteiger charge is -2.09.